The van der Waals surface area contributed by atoms with Gasteiger partial charge in [-0.05, 0) is 99.1 Å². The van der Waals surface area contributed by atoms with Crippen LogP contribution in [0, 0.1) is 11.3 Å². The highest BCUT2D eigenvalue weighted by Crippen LogP contribution is 2.34. The van der Waals surface area contributed by atoms with Crippen LogP contribution in [0.4, 0.5) is 0 Å². The molecule has 238 valence electrons. The lowest BCUT2D eigenvalue weighted by atomic mass is 10.1. The molecule has 0 spiro atoms. The van der Waals surface area contributed by atoms with Gasteiger partial charge in [-0.3, -0.25) is 9.98 Å². The molecule has 45 heavy (non-hydrogen) atoms. The van der Waals surface area contributed by atoms with Gasteiger partial charge < -0.3 is 26.7 Å². The average molecular weight is 632 g/mol. The number of aromatic nitrogens is 3. The van der Waals surface area contributed by atoms with E-state index in [-0.39, 0.29) is 12.0 Å². The van der Waals surface area contributed by atoms with Crippen LogP contribution < -0.4 is 27.4 Å². The number of guanidine groups is 1. The quantitative estimate of drug-likeness (QED) is 0.0742. The molecule has 4 aromatic rings. The van der Waals surface area contributed by atoms with Crippen LogP contribution in [0.5, 0.6) is 0 Å². The molecule has 0 atom stereocenters. The fourth-order valence-corrected chi connectivity index (χ4v) is 7.57. The molecule has 3 heterocycles. The van der Waals surface area contributed by atoms with Crippen LogP contribution in [-0.2, 0) is 16.6 Å². The van der Waals surface area contributed by atoms with Crippen molar-refractivity contribution in [2.45, 2.75) is 49.6 Å². The summed E-state index contributed by atoms with van der Waals surface area (Å²) in [6.07, 6.45) is 6.47. The highest BCUT2D eigenvalue weighted by Gasteiger charge is 2.36. The molecule has 2 aromatic carbocycles. The lowest BCUT2D eigenvalue weighted by Gasteiger charge is -2.34. The molecule has 1 saturated heterocycles. The van der Waals surface area contributed by atoms with Crippen LogP contribution in [0.15, 0.2) is 70.5 Å². The number of benzene rings is 2. The third-order valence-electron chi connectivity index (χ3n) is 8.52. The van der Waals surface area contributed by atoms with Crippen LogP contribution in [-0.4, -0.2) is 72.0 Å². The number of sulfonamides is 1. The minimum atomic E-state index is -3.62. The second-order valence-corrected chi connectivity index (χ2v) is 13.8. The van der Waals surface area contributed by atoms with Gasteiger partial charge in [-0.25, -0.2) is 13.2 Å². The SMILES string of the molecule is N=C(N)NCCCNCc1ccc(-n2cc3cc(-c4ccc(S(=O)(=O)N(CC5CC5)C5CCNCC5)cc4)[nH]c3nc2=O)cc1. The molecule has 2 aromatic heterocycles. The summed E-state index contributed by atoms with van der Waals surface area (Å²) in [5.74, 6) is 0.444. The minimum absolute atomic E-state index is 0.0234. The number of nitrogens with one attached hydrogen (secondary N) is 5. The van der Waals surface area contributed by atoms with Gasteiger partial charge in [0.25, 0.3) is 0 Å². The summed E-state index contributed by atoms with van der Waals surface area (Å²) >= 11 is 0. The van der Waals surface area contributed by atoms with E-state index in [1.807, 2.05) is 42.5 Å². The van der Waals surface area contributed by atoms with Gasteiger partial charge in [-0.2, -0.15) is 9.29 Å². The van der Waals surface area contributed by atoms with Crippen molar-refractivity contribution in [2.24, 2.45) is 11.7 Å². The predicted octanol–water partition coefficient (Wildman–Crippen LogP) is 2.50. The first-order valence-electron chi connectivity index (χ1n) is 15.6. The first-order chi connectivity index (χ1) is 21.8. The van der Waals surface area contributed by atoms with Gasteiger partial charge in [0.05, 0.1) is 10.6 Å². The van der Waals surface area contributed by atoms with Gasteiger partial charge in [-0.1, -0.05) is 24.3 Å². The number of rotatable bonds is 13. The first-order valence-corrected chi connectivity index (χ1v) is 17.1. The maximum absolute atomic E-state index is 13.8. The number of fused-ring (bicyclic) bond motifs is 1. The molecule has 0 radical (unpaired) electrons. The van der Waals surface area contributed by atoms with Crippen molar-refractivity contribution >= 4 is 27.0 Å². The molecule has 0 unspecified atom stereocenters. The summed E-state index contributed by atoms with van der Waals surface area (Å²) in [5.41, 5.74) is 8.74. The fourth-order valence-electron chi connectivity index (χ4n) is 5.81. The van der Waals surface area contributed by atoms with Crippen molar-refractivity contribution in [3.8, 4) is 16.9 Å². The monoisotopic (exact) mass is 631 g/mol. The summed E-state index contributed by atoms with van der Waals surface area (Å²) in [6, 6.07) is 16.7. The number of hydrogen-bond donors (Lipinski definition) is 6. The third kappa shape index (κ3) is 7.44. The van der Waals surface area contributed by atoms with Crippen molar-refractivity contribution < 1.29 is 8.42 Å². The Morgan fingerprint density at radius 1 is 1.04 bits per heavy atom. The Hall–Kier alpha value is -4.04. The van der Waals surface area contributed by atoms with E-state index in [0.717, 1.165) is 73.9 Å². The Kier molecular flexibility index (Phi) is 9.31. The van der Waals surface area contributed by atoms with Gasteiger partial charge in [-0.15, -0.1) is 0 Å². The summed E-state index contributed by atoms with van der Waals surface area (Å²) in [4.78, 5) is 20.7. The summed E-state index contributed by atoms with van der Waals surface area (Å²) in [5, 5.41) is 17.4. The molecule has 7 N–H and O–H groups in total. The average Bonchev–Trinajstić information content (AvgIpc) is 3.78. The third-order valence-corrected chi connectivity index (χ3v) is 10.5. The highest BCUT2D eigenvalue weighted by atomic mass is 32.2. The Morgan fingerprint density at radius 2 is 1.78 bits per heavy atom. The zero-order chi connectivity index (χ0) is 31.4. The molecule has 2 aliphatic rings. The van der Waals surface area contributed by atoms with E-state index in [9.17, 15) is 13.2 Å². The normalized spacial score (nSPS) is 15.9. The molecule has 1 aliphatic heterocycles. The van der Waals surface area contributed by atoms with Gasteiger partial charge in [0.2, 0.25) is 10.0 Å². The smallest absolute Gasteiger partial charge is 0.354 e. The highest BCUT2D eigenvalue weighted by molar-refractivity contribution is 7.89. The summed E-state index contributed by atoms with van der Waals surface area (Å²) in [7, 11) is -3.62. The van der Waals surface area contributed by atoms with Crippen molar-refractivity contribution in [2.75, 3.05) is 32.7 Å². The van der Waals surface area contributed by atoms with Crippen molar-refractivity contribution in [1.82, 2.24) is 34.8 Å². The molecule has 13 heteroatoms. The Morgan fingerprint density at radius 3 is 2.47 bits per heavy atom. The van der Waals surface area contributed by atoms with E-state index in [0.29, 0.717) is 41.8 Å². The molecular weight excluding hydrogens is 590 g/mol. The number of piperidine rings is 1. The molecule has 6 rings (SSSR count). The Labute approximate surface area is 263 Å². The van der Waals surface area contributed by atoms with E-state index in [4.69, 9.17) is 11.1 Å². The lowest BCUT2D eigenvalue weighted by Crippen LogP contribution is -2.46. The maximum Gasteiger partial charge on any atom is 0.354 e. The van der Waals surface area contributed by atoms with Crippen molar-refractivity contribution in [3.63, 3.8) is 0 Å². The van der Waals surface area contributed by atoms with E-state index in [1.165, 1.54) is 4.57 Å². The number of nitrogens with zero attached hydrogens (tertiary/aromatic N) is 3. The maximum atomic E-state index is 13.8. The number of hydrogen-bond acceptors (Lipinski definition) is 7. The Bertz CT molecular complexity index is 1790. The summed E-state index contributed by atoms with van der Waals surface area (Å²) in [6.45, 7) is 4.39. The molecule has 0 amide bonds. The number of H-pyrrole nitrogens is 1. The van der Waals surface area contributed by atoms with Crippen LogP contribution in [0.2, 0.25) is 0 Å². The zero-order valence-electron chi connectivity index (χ0n) is 25.3. The van der Waals surface area contributed by atoms with Crippen molar-refractivity contribution in [3.05, 3.63) is 76.8 Å². The van der Waals surface area contributed by atoms with Crippen LogP contribution >= 0.6 is 0 Å². The molecule has 1 aliphatic carbocycles. The molecule has 2 fully saturated rings. The van der Waals surface area contributed by atoms with E-state index >= 15 is 0 Å². The van der Waals surface area contributed by atoms with Gasteiger partial charge in [0, 0.05) is 43.0 Å². The van der Waals surface area contributed by atoms with Gasteiger partial charge >= 0.3 is 5.69 Å². The largest absolute Gasteiger partial charge is 0.370 e. The number of aromatic amines is 1. The minimum Gasteiger partial charge on any atom is -0.370 e. The Balaban J connectivity index is 1.15. The van der Waals surface area contributed by atoms with E-state index in [1.54, 1.807) is 22.6 Å². The van der Waals surface area contributed by atoms with E-state index in [2.05, 4.69) is 25.9 Å². The predicted molar refractivity (Wildman–Crippen MR) is 176 cm³/mol. The van der Waals surface area contributed by atoms with Crippen LogP contribution in [0.25, 0.3) is 28.0 Å². The standard InChI is InChI=1S/C32H41N9O3S/c33-31(34)37-15-1-14-36-19-22-4-8-26(9-5-22)40-21-25-18-29(38-30(25)39-32(40)42)24-6-10-28(11-7-24)45(43,44)41(20-23-2-3-23)27-12-16-35-17-13-27/h4-11,18,21,23,27,35-36H,1-3,12-17,19-20H2,(H4,33,34,37)(H,38,39,42). The van der Waals surface area contributed by atoms with Crippen molar-refractivity contribution in [1.29, 1.82) is 5.41 Å². The molecule has 1 saturated carbocycles. The van der Waals surface area contributed by atoms with Gasteiger partial charge in [0.15, 0.2) is 5.96 Å². The summed E-state index contributed by atoms with van der Waals surface area (Å²) < 4.78 is 30.8. The topological polar surface area (TPSA) is 174 Å². The van der Waals surface area contributed by atoms with Crippen LogP contribution in [0.3, 0.4) is 0 Å². The molecule has 12 nitrogen and oxygen atoms in total. The first kappa shape index (κ1) is 31.0. The van der Waals surface area contributed by atoms with E-state index < -0.39 is 15.7 Å². The zero-order valence-corrected chi connectivity index (χ0v) is 26.1. The van der Waals surface area contributed by atoms with Crippen LogP contribution in [0.1, 0.15) is 37.7 Å². The van der Waals surface area contributed by atoms with Gasteiger partial charge in [0.1, 0.15) is 5.65 Å². The lowest BCUT2D eigenvalue weighted by molar-refractivity contribution is 0.255. The molecular formula is C32H41N9O3S. The second-order valence-electron chi connectivity index (χ2n) is 11.9. The number of nitrogens with two attached hydrogens (primary N) is 1. The fraction of sp³-hybridized carbons (Fsp3) is 0.406. The molecule has 0 bridgehead atoms. The second kappa shape index (κ2) is 13.5.